The van der Waals surface area contributed by atoms with Gasteiger partial charge in [-0.3, -0.25) is 4.68 Å². The Morgan fingerprint density at radius 2 is 2.50 bits per heavy atom. The Hall–Kier alpha value is -0.950. The maximum absolute atomic E-state index is 8.33. The summed E-state index contributed by atoms with van der Waals surface area (Å²) in [6.45, 7) is 1.97. The van der Waals surface area contributed by atoms with E-state index in [2.05, 4.69) is 11.2 Å². The molecule has 0 aliphatic heterocycles. The number of nitrogens with zero attached hydrogens (tertiary/aromatic N) is 3. The number of rotatable bonds is 3. The standard InChI is InChI=1S/C8H11N3S/c1-7-6-8(11(2)10-7)12-5-3-4-9/h6H,3,5H2,1-2H3. The summed E-state index contributed by atoms with van der Waals surface area (Å²) in [7, 11) is 1.92. The van der Waals surface area contributed by atoms with Gasteiger partial charge in [0.15, 0.2) is 0 Å². The van der Waals surface area contributed by atoms with Crippen LogP contribution in [0.2, 0.25) is 0 Å². The van der Waals surface area contributed by atoms with Crippen LogP contribution in [0.25, 0.3) is 0 Å². The Morgan fingerprint density at radius 3 is 3.00 bits per heavy atom. The molecular weight excluding hydrogens is 170 g/mol. The Balaban J connectivity index is 2.52. The second-order valence-electron chi connectivity index (χ2n) is 2.50. The molecule has 0 saturated heterocycles. The van der Waals surface area contributed by atoms with Crippen molar-refractivity contribution in [2.75, 3.05) is 5.75 Å². The van der Waals surface area contributed by atoms with Crippen molar-refractivity contribution in [3.8, 4) is 6.07 Å². The van der Waals surface area contributed by atoms with E-state index in [0.717, 1.165) is 16.5 Å². The third-order valence-corrected chi connectivity index (χ3v) is 2.51. The first-order valence-electron chi connectivity index (χ1n) is 3.74. The Bertz CT molecular complexity index is 298. The number of aromatic nitrogens is 2. The van der Waals surface area contributed by atoms with Crippen molar-refractivity contribution in [2.45, 2.75) is 18.4 Å². The van der Waals surface area contributed by atoms with Crippen molar-refractivity contribution in [3.63, 3.8) is 0 Å². The van der Waals surface area contributed by atoms with Crippen molar-refractivity contribution >= 4 is 11.8 Å². The molecule has 1 aromatic heterocycles. The zero-order valence-electron chi connectivity index (χ0n) is 7.24. The average molecular weight is 181 g/mol. The molecule has 0 amide bonds. The molecule has 0 atom stereocenters. The van der Waals surface area contributed by atoms with Crippen LogP contribution in [0.15, 0.2) is 11.1 Å². The minimum atomic E-state index is 0.592. The van der Waals surface area contributed by atoms with Crippen LogP contribution >= 0.6 is 11.8 Å². The van der Waals surface area contributed by atoms with Crippen LogP contribution < -0.4 is 0 Å². The highest BCUT2D eigenvalue weighted by Gasteiger charge is 2.00. The zero-order chi connectivity index (χ0) is 8.97. The Morgan fingerprint density at radius 1 is 1.75 bits per heavy atom. The summed E-state index contributed by atoms with van der Waals surface area (Å²) in [4.78, 5) is 0. The number of hydrogen-bond donors (Lipinski definition) is 0. The van der Waals surface area contributed by atoms with E-state index in [1.807, 2.05) is 24.7 Å². The second kappa shape index (κ2) is 4.17. The van der Waals surface area contributed by atoms with Crippen LogP contribution in [0.1, 0.15) is 12.1 Å². The van der Waals surface area contributed by atoms with Gasteiger partial charge < -0.3 is 0 Å². The third-order valence-electron chi connectivity index (χ3n) is 1.42. The van der Waals surface area contributed by atoms with Gasteiger partial charge >= 0.3 is 0 Å². The van der Waals surface area contributed by atoms with Gasteiger partial charge in [0.2, 0.25) is 0 Å². The highest BCUT2D eigenvalue weighted by molar-refractivity contribution is 7.99. The molecule has 64 valence electrons. The van der Waals surface area contributed by atoms with Gasteiger partial charge in [-0.15, -0.1) is 11.8 Å². The predicted molar refractivity (Wildman–Crippen MR) is 48.9 cm³/mol. The second-order valence-corrected chi connectivity index (χ2v) is 3.62. The quantitative estimate of drug-likeness (QED) is 0.527. The highest BCUT2D eigenvalue weighted by Crippen LogP contribution is 2.18. The number of aryl methyl sites for hydroxylation is 2. The fourth-order valence-electron chi connectivity index (χ4n) is 0.923. The minimum Gasteiger partial charge on any atom is -0.262 e. The largest absolute Gasteiger partial charge is 0.262 e. The molecule has 1 heterocycles. The normalized spacial score (nSPS) is 9.75. The Kier molecular flexibility index (Phi) is 3.18. The molecule has 1 rings (SSSR count). The lowest BCUT2D eigenvalue weighted by Gasteiger charge is -1.97. The van der Waals surface area contributed by atoms with E-state index in [1.165, 1.54) is 0 Å². The fourth-order valence-corrected chi connectivity index (χ4v) is 1.81. The number of thioether (sulfide) groups is 1. The smallest absolute Gasteiger partial charge is 0.0939 e. The predicted octanol–water partition coefficient (Wildman–Crippen LogP) is 1.73. The molecule has 3 nitrogen and oxygen atoms in total. The van der Waals surface area contributed by atoms with E-state index >= 15 is 0 Å². The molecule has 0 N–H and O–H groups in total. The van der Waals surface area contributed by atoms with Crippen LogP contribution in [0.5, 0.6) is 0 Å². The molecule has 1 aromatic rings. The summed E-state index contributed by atoms with van der Waals surface area (Å²) < 4.78 is 1.84. The first-order valence-corrected chi connectivity index (χ1v) is 4.73. The van der Waals surface area contributed by atoms with E-state index in [4.69, 9.17) is 5.26 Å². The van der Waals surface area contributed by atoms with E-state index in [9.17, 15) is 0 Å². The van der Waals surface area contributed by atoms with E-state index in [-0.39, 0.29) is 0 Å². The maximum atomic E-state index is 8.33. The summed E-state index contributed by atoms with van der Waals surface area (Å²) in [6.07, 6.45) is 0.592. The van der Waals surface area contributed by atoms with Crippen LogP contribution in [0, 0.1) is 18.3 Å². The average Bonchev–Trinajstić information content (AvgIpc) is 2.31. The summed E-state index contributed by atoms with van der Waals surface area (Å²) in [6, 6.07) is 4.14. The van der Waals surface area contributed by atoms with Gasteiger partial charge in [-0.1, -0.05) is 0 Å². The first-order chi connectivity index (χ1) is 5.74. The lowest BCUT2D eigenvalue weighted by Crippen LogP contribution is -1.92. The SMILES string of the molecule is Cc1cc(SCCC#N)n(C)n1. The zero-order valence-corrected chi connectivity index (χ0v) is 8.06. The van der Waals surface area contributed by atoms with Gasteiger partial charge in [0.1, 0.15) is 0 Å². The van der Waals surface area contributed by atoms with E-state index in [1.54, 1.807) is 11.8 Å². The molecule has 0 radical (unpaired) electrons. The molecule has 0 aliphatic rings. The molecule has 4 heteroatoms. The lowest BCUT2D eigenvalue weighted by atomic mass is 10.5. The van der Waals surface area contributed by atoms with Crippen LogP contribution in [0.4, 0.5) is 0 Å². The first kappa shape index (κ1) is 9.14. The topological polar surface area (TPSA) is 41.6 Å². The molecule has 12 heavy (non-hydrogen) atoms. The summed E-state index contributed by atoms with van der Waals surface area (Å²) in [5, 5.41) is 13.7. The third kappa shape index (κ3) is 2.28. The molecule has 0 aliphatic carbocycles. The maximum Gasteiger partial charge on any atom is 0.0939 e. The fraction of sp³-hybridized carbons (Fsp3) is 0.500. The van der Waals surface area contributed by atoms with E-state index in [0.29, 0.717) is 6.42 Å². The van der Waals surface area contributed by atoms with Gasteiger partial charge in [0, 0.05) is 19.2 Å². The van der Waals surface area contributed by atoms with Crippen molar-refractivity contribution < 1.29 is 0 Å². The van der Waals surface area contributed by atoms with Crippen LogP contribution in [-0.2, 0) is 7.05 Å². The van der Waals surface area contributed by atoms with Crippen LogP contribution in [0.3, 0.4) is 0 Å². The molecule has 0 fully saturated rings. The summed E-state index contributed by atoms with van der Waals surface area (Å²) >= 11 is 1.67. The molecule has 0 aromatic carbocycles. The van der Waals surface area contributed by atoms with Crippen molar-refractivity contribution in [1.82, 2.24) is 9.78 Å². The monoisotopic (exact) mass is 181 g/mol. The lowest BCUT2D eigenvalue weighted by molar-refractivity contribution is 0.692. The molecule has 0 saturated carbocycles. The Labute approximate surface area is 76.4 Å². The van der Waals surface area contributed by atoms with Crippen molar-refractivity contribution in [1.29, 1.82) is 5.26 Å². The van der Waals surface area contributed by atoms with Crippen molar-refractivity contribution in [3.05, 3.63) is 11.8 Å². The summed E-state index contributed by atoms with van der Waals surface area (Å²) in [5.41, 5.74) is 1.02. The van der Waals surface area contributed by atoms with E-state index < -0.39 is 0 Å². The van der Waals surface area contributed by atoms with Gasteiger partial charge in [-0.2, -0.15) is 10.4 Å². The number of hydrogen-bond acceptors (Lipinski definition) is 3. The van der Waals surface area contributed by atoms with Crippen molar-refractivity contribution in [2.24, 2.45) is 7.05 Å². The molecule has 0 unspecified atom stereocenters. The highest BCUT2D eigenvalue weighted by atomic mass is 32.2. The van der Waals surface area contributed by atoms with Gasteiger partial charge in [-0.25, -0.2) is 0 Å². The van der Waals surface area contributed by atoms with Crippen LogP contribution in [-0.4, -0.2) is 15.5 Å². The minimum absolute atomic E-state index is 0.592. The summed E-state index contributed by atoms with van der Waals surface area (Å²) in [5.74, 6) is 0.843. The molecule has 0 spiro atoms. The molecule has 0 bridgehead atoms. The van der Waals surface area contributed by atoms with Gasteiger partial charge in [0.05, 0.1) is 16.8 Å². The van der Waals surface area contributed by atoms with Gasteiger partial charge in [0.25, 0.3) is 0 Å². The van der Waals surface area contributed by atoms with Gasteiger partial charge in [-0.05, 0) is 13.0 Å². The molecular formula is C8H11N3S. The number of nitriles is 1.